The summed E-state index contributed by atoms with van der Waals surface area (Å²) in [4.78, 5) is 26.0. The smallest absolute Gasteiger partial charge is 0.243 e. The SMILES string of the molecule is CN(CC(=O)Nc1cc(F)cc(F)c1)C(=O)C1CC2CCCCC2N1.Cl. The topological polar surface area (TPSA) is 61.4 Å². The lowest BCUT2D eigenvalue weighted by molar-refractivity contribution is -0.134. The zero-order valence-corrected chi connectivity index (χ0v) is 15.5. The summed E-state index contributed by atoms with van der Waals surface area (Å²) in [6.45, 7) is -0.162. The van der Waals surface area contributed by atoms with Crippen LogP contribution in [-0.2, 0) is 9.59 Å². The molecular weight excluding hydrogens is 364 g/mol. The highest BCUT2D eigenvalue weighted by Crippen LogP contribution is 2.33. The Balaban J connectivity index is 0.00000243. The van der Waals surface area contributed by atoms with Crippen molar-refractivity contribution in [1.29, 1.82) is 0 Å². The Bertz CT molecular complexity index is 640. The van der Waals surface area contributed by atoms with Gasteiger partial charge in [0.1, 0.15) is 11.6 Å². The summed E-state index contributed by atoms with van der Waals surface area (Å²) in [5.41, 5.74) is 0.0355. The van der Waals surface area contributed by atoms with E-state index in [-0.39, 0.29) is 36.6 Å². The van der Waals surface area contributed by atoms with Gasteiger partial charge in [0.15, 0.2) is 0 Å². The molecule has 144 valence electrons. The fraction of sp³-hybridized carbons (Fsp3) is 0.556. The monoisotopic (exact) mass is 387 g/mol. The van der Waals surface area contributed by atoms with Crippen LogP contribution in [0.1, 0.15) is 32.1 Å². The fourth-order valence-corrected chi connectivity index (χ4v) is 3.90. The second-order valence-electron chi connectivity index (χ2n) is 7.01. The third kappa shape index (κ3) is 4.92. The first-order valence-electron chi connectivity index (χ1n) is 8.69. The van der Waals surface area contributed by atoms with Crippen LogP contribution in [0.25, 0.3) is 0 Å². The maximum atomic E-state index is 13.2. The van der Waals surface area contributed by atoms with Crippen LogP contribution in [0, 0.1) is 17.6 Å². The highest BCUT2D eigenvalue weighted by Gasteiger charge is 2.39. The number of halogens is 3. The molecule has 1 aliphatic carbocycles. The van der Waals surface area contributed by atoms with Gasteiger partial charge in [-0.1, -0.05) is 12.8 Å². The van der Waals surface area contributed by atoms with Crippen LogP contribution in [0.5, 0.6) is 0 Å². The molecule has 0 spiro atoms. The van der Waals surface area contributed by atoms with Gasteiger partial charge in [0.25, 0.3) is 0 Å². The van der Waals surface area contributed by atoms with Crippen molar-refractivity contribution in [2.45, 2.75) is 44.2 Å². The van der Waals surface area contributed by atoms with Crippen molar-refractivity contribution >= 4 is 29.9 Å². The van der Waals surface area contributed by atoms with Gasteiger partial charge >= 0.3 is 0 Å². The average molecular weight is 388 g/mol. The van der Waals surface area contributed by atoms with E-state index in [4.69, 9.17) is 0 Å². The molecule has 5 nitrogen and oxygen atoms in total. The summed E-state index contributed by atoms with van der Waals surface area (Å²) in [6.07, 6.45) is 5.47. The van der Waals surface area contributed by atoms with E-state index in [1.807, 2.05) is 0 Å². The van der Waals surface area contributed by atoms with Crippen molar-refractivity contribution in [3.63, 3.8) is 0 Å². The Kier molecular flexibility index (Phi) is 6.94. The maximum absolute atomic E-state index is 13.2. The molecule has 3 rings (SSSR count). The summed E-state index contributed by atoms with van der Waals surface area (Å²) < 4.78 is 26.3. The molecule has 8 heteroatoms. The lowest BCUT2D eigenvalue weighted by atomic mass is 9.85. The second kappa shape index (κ2) is 8.77. The van der Waals surface area contributed by atoms with E-state index in [9.17, 15) is 18.4 Å². The number of carbonyl (C=O) groups excluding carboxylic acids is 2. The Morgan fingerprint density at radius 1 is 1.19 bits per heavy atom. The molecule has 1 aromatic rings. The molecule has 1 aromatic carbocycles. The van der Waals surface area contributed by atoms with E-state index < -0.39 is 17.5 Å². The molecule has 0 bridgehead atoms. The van der Waals surface area contributed by atoms with Gasteiger partial charge in [-0.05, 0) is 37.3 Å². The van der Waals surface area contributed by atoms with Crippen molar-refractivity contribution in [2.24, 2.45) is 5.92 Å². The predicted octanol–water partition coefficient (Wildman–Crippen LogP) is 2.70. The van der Waals surface area contributed by atoms with Crippen LogP contribution >= 0.6 is 12.4 Å². The predicted molar refractivity (Wildman–Crippen MR) is 97.2 cm³/mol. The van der Waals surface area contributed by atoms with Crippen molar-refractivity contribution in [3.8, 4) is 0 Å². The van der Waals surface area contributed by atoms with E-state index in [1.54, 1.807) is 7.05 Å². The van der Waals surface area contributed by atoms with Crippen molar-refractivity contribution in [3.05, 3.63) is 29.8 Å². The Hall–Kier alpha value is -1.73. The third-order valence-electron chi connectivity index (χ3n) is 5.06. The van der Waals surface area contributed by atoms with E-state index in [0.717, 1.165) is 37.5 Å². The largest absolute Gasteiger partial charge is 0.335 e. The quantitative estimate of drug-likeness (QED) is 0.835. The van der Waals surface area contributed by atoms with Gasteiger partial charge in [-0.2, -0.15) is 0 Å². The van der Waals surface area contributed by atoms with E-state index in [1.165, 1.54) is 17.7 Å². The standard InChI is InChI=1S/C18H23F2N3O2.ClH/c1-23(10-17(24)21-14-8-12(19)7-13(20)9-14)18(25)16-6-11-4-2-3-5-15(11)22-16;/h7-9,11,15-16,22H,2-6,10H2,1H3,(H,21,24);1H. The number of amides is 2. The first-order valence-corrected chi connectivity index (χ1v) is 8.69. The van der Waals surface area contributed by atoms with Crippen LogP contribution < -0.4 is 10.6 Å². The van der Waals surface area contributed by atoms with Gasteiger partial charge in [-0.3, -0.25) is 9.59 Å². The number of hydrogen-bond donors (Lipinski definition) is 2. The Morgan fingerprint density at radius 3 is 2.50 bits per heavy atom. The molecule has 2 aliphatic rings. The molecule has 0 radical (unpaired) electrons. The number of nitrogens with zero attached hydrogens (tertiary/aromatic N) is 1. The van der Waals surface area contributed by atoms with E-state index in [2.05, 4.69) is 10.6 Å². The zero-order chi connectivity index (χ0) is 18.0. The van der Waals surface area contributed by atoms with Crippen LogP contribution in [-0.4, -0.2) is 42.4 Å². The molecule has 1 saturated carbocycles. The number of likely N-dealkylation sites (N-methyl/N-ethyl adjacent to an activating group) is 1. The van der Waals surface area contributed by atoms with Crippen LogP contribution in [0.2, 0.25) is 0 Å². The van der Waals surface area contributed by atoms with Crippen LogP contribution in [0.15, 0.2) is 18.2 Å². The number of fused-ring (bicyclic) bond motifs is 1. The normalized spacial score (nSPS) is 24.3. The zero-order valence-electron chi connectivity index (χ0n) is 14.6. The lowest BCUT2D eigenvalue weighted by Crippen LogP contribution is -2.46. The lowest BCUT2D eigenvalue weighted by Gasteiger charge is -2.24. The molecule has 1 aliphatic heterocycles. The number of hydrogen-bond acceptors (Lipinski definition) is 3. The molecule has 3 unspecified atom stereocenters. The van der Waals surface area contributed by atoms with Gasteiger partial charge in [0.2, 0.25) is 11.8 Å². The van der Waals surface area contributed by atoms with Crippen molar-refractivity contribution in [2.75, 3.05) is 18.9 Å². The number of nitrogens with one attached hydrogen (secondary N) is 2. The first-order chi connectivity index (χ1) is 11.9. The maximum Gasteiger partial charge on any atom is 0.243 e. The summed E-state index contributed by atoms with van der Waals surface area (Å²) in [6, 6.07) is 2.95. The number of anilines is 1. The van der Waals surface area contributed by atoms with E-state index >= 15 is 0 Å². The third-order valence-corrected chi connectivity index (χ3v) is 5.06. The molecule has 26 heavy (non-hydrogen) atoms. The molecule has 2 fully saturated rings. The number of rotatable bonds is 4. The van der Waals surface area contributed by atoms with Gasteiger partial charge in [-0.25, -0.2) is 8.78 Å². The molecule has 2 amide bonds. The Labute approximate surface area is 157 Å². The van der Waals surface area contributed by atoms with Gasteiger partial charge in [0, 0.05) is 24.8 Å². The van der Waals surface area contributed by atoms with E-state index in [0.29, 0.717) is 12.0 Å². The van der Waals surface area contributed by atoms with Gasteiger partial charge < -0.3 is 15.5 Å². The minimum absolute atomic E-state index is 0. The first kappa shape index (κ1) is 20.6. The van der Waals surface area contributed by atoms with Gasteiger partial charge in [-0.15, -0.1) is 12.4 Å². The molecule has 2 N–H and O–H groups in total. The summed E-state index contributed by atoms with van der Waals surface area (Å²) in [5.74, 6) is -1.60. The minimum Gasteiger partial charge on any atom is -0.335 e. The number of carbonyl (C=O) groups is 2. The summed E-state index contributed by atoms with van der Waals surface area (Å²) >= 11 is 0. The van der Waals surface area contributed by atoms with Crippen LogP contribution in [0.3, 0.4) is 0 Å². The van der Waals surface area contributed by atoms with Crippen molar-refractivity contribution in [1.82, 2.24) is 10.2 Å². The van der Waals surface area contributed by atoms with Crippen molar-refractivity contribution < 1.29 is 18.4 Å². The molecule has 3 atom stereocenters. The number of benzene rings is 1. The minimum atomic E-state index is -0.766. The molecular formula is C18H24ClF2N3O2. The average Bonchev–Trinajstić information content (AvgIpc) is 2.96. The fourth-order valence-electron chi connectivity index (χ4n) is 3.90. The highest BCUT2D eigenvalue weighted by molar-refractivity contribution is 5.95. The highest BCUT2D eigenvalue weighted by atomic mass is 35.5. The molecule has 1 saturated heterocycles. The van der Waals surface area contributed by atoms with Gasteiger partial charge in [0.05, 0.1) is 12.6 Å². The summed E-state index contributed by atoms with van der Waals surface area (Å²) in [7, 11) is 1.57. The Morgan fingerprint density at radius 2 is 1.85 bits per heavy atom. The second-order valence-corrected chi connectivity index (χ2v) is 7.01. The molecule has 0 aromatic heterocycles. The van der Waals surface area contributed by atoms with Crippen LogP contribution in [0.4, 0.5) is 14.5 Å². The summed E-state index contributed by atoms with van der Waals surface area (Å²) in [5, 5.41) is 5.81. The molecule has 1 heterocycles.